The number of rotatable bonds is 8. The van der Waals surface area contributed by atoms with E-state index in [1.54, 1.807) is 19.2 Å². The van der Waals surface area contributed by atoms with Gasteiger partial charge in [0.05, 0.1) is 18.9 Å². The second-order valence-corrected chi connectivity index (χ2v) is 7.95. The third kappa shape index (κ3) is 4.66. The van der Waals surface area contributed by atoms with Crippen LogP contribution in [-0.4, -0.2) is 36.3 Å². The molecule has 1 heterocycles. The maximum Gasteiger partial charge on any atom is 0.240 e. The van der Waals surface area contributed by atoms with Crippen molar-refractivity contribution in [3.63, 3.8) is 0 Å². The number of nitrogens with one attached hydrogen (secondary N) is 1. The number of amides is 3. The van der Waals surface area contributed by atoms with Gasteiger partial charge in [-0.15, -0.1) is 0 Å². The summed E-state index contributed by atoms with van der Waals surface area (Å²) in [5.74, 6) is -0.352. The van der Waals surface area contributed by atoms with Crippen molar-refractivity contribution in [3.05, 3.63) is 71.8 Å². The van der Waals surface area contributed by atoms with Gasteiger partial charge in [-0.05, 0) is 36.1 Å². The van der Waals surface area contributed by atoms with E-state index < -0.39 is 0 Å². The molecule has 7 heteroatoms. The summed E-state index contributed by atoms with van der Waals surface area (Å²) in [6, 6.07) is 15.3. The summed E-state index contributed by atoms with van der Waals surface area (Å²) in [5, 5.41) is 2.78. The molecule has 1 saturated heterocycles. The Morgan fingerprint density at radius 3 is 2.31 bits per heavy atom. The summed E-state index contributed by atoms with van der Waals surface area (Å²) >= 11 is 0. The minimum absolute atomic E-state index is 0.249. The normalized spacial score (nSPS) is 19.6. The SMILES string of the molecule is COc1cc(CNC(=O)CN2C(=O)[C@@H]3CC=CC[C@H]3C2=O)ccc1OCc1ccccc1. The fourth-order valence-electron chi connectivity index (χ4n) is 4.10. The molecule has 1 fully saturated rings. The Morgan fingerprint density at radius 1 is 0.969 bits per heavy atom. The van der Waals surface area contributed by atoms with Gasteiger partial charge in [-0.25, -0.2) is 0 Å². The number of fused-ring (bicyclic) bond motifs is 1. The molecule has 7 nitrogen and oxygen atoms in total. The molecule has 0 bridgehead atoms. The minimum Gasteiger partial charge on any atom is -0.493 e. The third-order valence-corrected chi connectivity index (χ3v) is 5.86. The maximum absolute atomic E-state index is 12.5. The predicted molar refractivity (Wildman–Crippen MR) is 118 cm³/mol. The summed E-state index contributed by atoms with van der Waals surface area (Å²) in [6.07, 6.45) is 4.98. The van der Waals surface area contributed by atoms with Gasteiger partial charge in [0, 0.05) is 6.54 Å². The Balaban J connectivity index is 1.32. The molecular formula is C25H26N2O5. The number of hydrogen-bond donors (Lipinski definition) is 1. The highest BCUT2D eigenvalue weighted by atomic mass is 16.5. The van der Waals surface area contributed by atoms with Gasteiger partial charge in [0.25, 0.3) is 0 Å². The van der Waals surface area contributed by atoms with E-state index in [0.717, 1.165) is 16.0 Å². The van der Waals surface area contributed by atoms with Gasteiger partial charge >= 0.3 is 0 Å². The zero-order valence-corrected chi connectivity index (χ0v) is 18.0. The molecule has 4 rings (SSSR count). The van der Waals surface area contributed by atoms with E-state index in [1.807, 2.05) is 48.6 Å². The fraction of sp³-hybridized carbons (Fsp3) is 0.320. The van der Waals surface area contributed by atoms with Gasteiger partial charge in [0.1, 0.15) is 13.2 Å². The summed E-state index contributed by atoms with van der Waals surface area (Å²) in [5.41, 5.74) is 1.87. The first-order valence-electron chi connectivity index (χ1n) is 10.7. The molecule has 3 amide bonds. The molecule has 0 radical (unpaired) electrons. The van der Waals surface area contributed by atoms with Crippen molar-refractivity contribution >= 4 is 17.7 Å². The van der Waals surface area contributed by atoms with Gasteiger partial charge < -0.3 is 14.8 Å². The Labute approximate surface area is 187 Å². The number of ether oxygens (including phenoxy) is 2. The van der Waals surface area contributed by atoms with E-state index in [1.165, 1.54) is 0 Å². The smallest absolute Gasteiger partial charge is 0.240 e. The lowest BCUT2D eigenvalue weighted by Gasteiger charge is -2.15. The Morgan fingerprint density at radius 2 is 1.66 bits per heavy atom. The molecule has 32 heavy (non-hydrogen) atoms. The van der Waals surface area contributed by atoms with Crippen molar-refractivity contribution in [2.75, 3.05) is 13.7 Å². The zero-order chi connectivity index (χ0) is 22.5. The van der Waals surface area contributed by atoms with E-state index >= 15 is 0 Å². The molecule has 0 unspecified atom stereocenters. The van der Waals surface area contributed by atoms with Crippen LogP contribution in [0.2, 0.25) is 0 Å². The average molecular weight is 434 g/mol. The number of carbonyl (C=O) groups excluding carboxylic acids is 3. The van der Waals surface area contributed by atoms with Crippen molar-refractivity contribution in [3.8, 4) is 11.5 Å². The van der Waals surface area contributed by atoms with Gasteiger partial charge in [-0.3, -0.25) is 19.3 Å². The van der Waals surface area contributed by atoms with Crippen molar-refractivity contribution in [1.29, 1.82) is 0 Å². The van der Waals surface area contributed by atoms with Crippen LogP contribution in [0.1, 0.15) is 24.0 Å². The van der Waals surface area contributed by atoms with Crippen LogP contribution in [0.3, 0.4) is 0 Å². The number of carbonyl (C=O) groups is 3. The molecule has 2 atom stereocenters. The molecule has 166 valence electrons. The average Bonchev–Trinajstić information content (AvgIpc) is 3.07. The first-order chi connectivity index (χ1) is 15.6. The molecular weight excluding hydrogens is 408 g/mol. The van der Waals surface area contributed by atoms with Crippen molar-refractivity contribution < 1.29 is 23.9 Å². The van der Waals surface area contributed by atoms with Crippen molar-refractivity contribution in [2.24, 2.45) is 11.8 Å². The van der Waals surface area contributed by atoms with E-state index in [0.29, 0.717) is 30.9 Å². The first-order valence-corrected chi connectivity index (χ1v) is 10.7. The number of likely N-dealkylation sites (tertiary alicyclic amines) is 1. The molecule has 2 aromatic rings. The maximum atomic E-state index is 12.5. The third-order valence-electron chi connectivity index (χ3n) is 5.86. The van der Waals surface area contributed by atoms with Crippen LogP contribution in [0.15, 0.2) is 60.7 Å². The van der Waals surface area contributed by atoms with Crippen molar-refractivity contribution in [2.45, 2.75) is 26.0 Å². The Hall–Kier alpha value is -3.61. The Bertz CT molecular complexity index is 1010. The molecule has 0 spiro atoms. The van der Waals surface area contributed by atoms with Gasteiger partial charge in [0.2, 0.25) is 17.7 Å². The van der Waals surface area contributed by atoms with Gasteiger partial charge in [-0.2, -0.15) is 0 Å². The van der Waals surface area contributed by atoms with Crippen LogP contribution in [-0.2, 0) is 27.5 Å². The van der Waals surface area contributed by atoms with Crippen molar-refractivity contribution in [1.82, 2.24) is 10.2 Å². The number of imide groups is 1. The summed E-state index contributed by atoms with van der Waals surface area (Å²) in [6.45, 7) is 0.418. The minimum atomic E-state index is -0.373. The molecule has 2 aliphatic rings. The standard InChI is InChI=1S/C25H26N2O5/c1-31-22-13-18(11-12-21(22)32-16-17-7-3-2-4-8-17)14-26-23(28)15-27-24(29)19-9-5-6-10-20(19)25(27)30/h2-8,11-13,19-20H,9-10,14-16H2,1H3,(H,26,28)/t19-,20-/m1/s1. The summed E-state index contributed by atoms with van der Waals surface area (Å²) < 4.78 is 11.3. The van der Waals surface area contributed by atoms with E-state index in [2.05, 4.69) is 5.32 Å². The molecule has 0 saturated carbocycles. The number of benzene rings is 2. The van der Waals surface area contributed by atoms with Crippen LogP contribution in [0.5, 0.6) is 11.5 Å². The topological polar surface area (TPSA) is 84.9 Å². The Kier molecular flexibility index (Phi) is 6.54. The summed E-state index contributed by atoms with van der Waals surface area (Å²) in [7, 11) is 1.56. The molecule has 1 aliphatic carbocycles. The number of hydrogen-bond acceptors (Lipinski definition) is 5. The van der Waals surface area contributed by atoms with E-state index in [-0.39, 0.29) is 42.6 Å². The fourth-order valence-corrected chi connectivity index (χ4v) is 4.10. The van der Waals surface area contributed by atoms with Crippen LogP contribution in [0.4, 0.5) is 0 Å². The molecule has 1 N–H and O–H groups in total. The van der Waals surface area contributed by atoms with E-state index in [4.69, 9.17) is 9.47 Å². The molecule has 1 aliphatic heterocycles. The summed E-state index contributed by atoms with van der Waals surface area (Å²) in [4.78, 5) is 38.5. The second kappa shape index (κ2) is 9.68. The van der Waals surface area contributed by atoms with Gasteiger partial charge in [0.15, 0.2) is 11.5 Å². The number of allylic oxidation sites excluding steroid dienone is 2. The molecule has 0 aromatic heterocycles. The lowest BCUT2D eigenvalue weighted by atomic mass is 9.85. The van der Waals surface area contributed by atoms with Crippen LogP contribution in [0, 0.1) is 11.8 Å². The second-order valence-electron chi connectivity index (χ2n) is 7.95. The van der Waals surface area contributed by atoms with Gasteiger partial charge in [-0.1, -0.05) is 48.6 Å². The first kappa shape index (κ1) is 21.6. The number of methoxy groups -OCH3 is 1. The van der Waals surface area contributed by atoms with E-state index in [9.17, 15) is 14.4 Å². The van der Waals surface area contributed by atoms with Crippen LogP contribution >= 0.6 is 0 Å². The largest absolute Gasteiger partial charge is 0.493 e. The lowest BCUT2D eigenvalue weighted by Crippen LogP contribution is -2.40. The highest BCUT2D eigenvalue weighted by molar-refractivity contribution is 6.07. The quantitative estimate of drug-likeness (QED) is 0.510. The van der Waals surface area contributed by atoms with Crippen LogP contribution < -0.4 is 14.8 Å². The highest BCUT2D eigenvalue weighted by Gasteiger charge is 2.47. The highest BCUT2D eigenvalue weighted by Crippen LogP contribution is 2.34. The molecule has 2 aromatic carbocycles. The van der Waals surface area contributed by atoms with Crippen LogP contribution in [0.25, 0.3) is 0 Å². The lowest BCUT2D eigenvalue weighted by molar-refractivity contribution is -0.143. The zero-order valence-electron chi connectivity index (χ0n) is 18.0. The predicted octanol–water partition coefficient (Wildman–Crippen LogP) is 2.84. The number of nitrogens with zero attached hydrogens (tertiary/aromatic N) is 1. The monoisotopic (exact) mass is 434 g/mol.